The molecule has 24 heavy (non-hydrogen) atoms. The van der Waals surface area contributed by atoms with Gasteiger partial charge in [-0.05, 0) is 36.2 Å². The minimum atomic E-state index is -0.739. The maximum absolute atomic E-state index is 12.3. The van der Waals surface area contributed by atoms with E-state index in [0.717, 1.165) is 5.56 Å². The second-order valence-electron chi connectivity index (χ2n) is 5.08. The molecule has 3 N–H and O–H groups in total. The average molecular weight is 367 g/mol. The Balaban J connectivity index is 2.07. The lowest BCUT2D eigenvalue weighted by Crippen LogP contribution is -2.33. The van der Waals surface area contributed by atoms with Gasteiger partial charge in [0.1, 0.15) is 6.04 Å². The molecule has 0 saturated heterocycles. The van der Waals surface area contributed by atoms with Gasteiger partial charge in [-0.2, -0.15) is 0 Å². The monoisotopic (exact) mass is 366 g/mol. The van der Waals surface area contributed by atoms with Gasteiger partial charge in [0.25, 0.3) is 5.91 Å². The number of methoxy groups -OCH3 is 1. The van der Waals surface area contributed by atoms with E-state index in [0.29, 0.717) is 27.7 Å². The first-order valence-corrected chi connectivity index (χ1v) is 7.85. The van der Waals surface area contributed by atoms with Crippen LogP contribution in [-0.4, -0.2) is 25.0 Å². The quantitative estimate of drug-likeness (QED) is 0.795. The third kappa shape index (κ3) is 4.47. The molecule has 1 amide bonds. The Hall–Kier alpha value is -2.08. The summed E-state index contributed by atoms with van der Waals surface area (Å²) in [6, 6.07) is 11.0. The van der Waals surface area contributed by atoms with Gasteiger partial charge in [0, 0.05) is 5.56 Å². The summed E-state index contributed by atoms with van der Waals surface area (Å²) in [6.45, 7) is 0. The fourth-order valence-electron chi connectivity index (χ4n) is 2.08. The van der Waals surface area contributed by atoms with Crippen LogP contribution in [-0.2, 0) is 16.0 Å². The average Bonchev–Trinajstić information content (AvgIpc) is 2.58. The number of esters is 1. The van der Waals surface area contributed by atoms with Crippen molar-refractivity contribution >= 4 is 40.8 Å². The molecule has 0 aromatic heterocycles. The molecule has 0 aliphatic rings. The first kappa shape index (κ1) is 18.3. The van der Waals surface area contributed by atoms with E-state index in [1.807, 2.05) is 0 Å². The number of rotatable bonds is 5. The highest BCUT2D eigenvalue weighted by Crippen LogP contribution is 2.30. The smallest absolute Gasteiger partial charge is 0.322 e. The second-order valence-corrected chi connectivity index (χ2v) is 5.90. The topological polar surface area (TPSA) is 81.4 Å². The number of hydrogen-bond donors (Lipinski definition) is 2. The van der Waals surface area contributed by atoms with Crippen LogP contribution in [0.25, 0.3) is 0 Å². The maximum Gasteiger partial charge on any atom is 0.322 e. The van der Waals surface area contributed by atoms with Crippen LogP contribution in [0.4, 0.5) is 5.69 Å². The fraction of sp³-hybridized carbons (Fsp3) is 0.176. The van der Waals surface area contributed by atoms with Crippen LogP contribution in [0.5, 0.6) is 0 Å². The lowest BCUT2D eigenvalue weighted by atomic mass is 10.0. The van der Waals surface area contributed by atoms with Crippen molar-refractivity contribution < 1.29 is 14.3 Å². The summed E-state index contributed by atoms with van der Waals surface area (Å²) < 4.78 is 4.58. The summed E-state index contributed by atoms with van der Waals surface area (Å²) in [4.78, 5) is 23.6. The van der Waals surface area contributed by atoms with E-state index in [-0.39, 0.29) is 5.91 Å². The van der Waals surface area contributed by atoms with E-state index >= 15 is 0 Å². The third-order valence-electron chi connectivity index (χ3n) is 3.38. The number of amides is 1. The third-order valence-corrected chi connectivity index (χ3v) is 4.01. The molecular weight excluding hydrogens is 351 g/mol. The molecule has 126 valence electrons. The standard InChI is InChI=1S/C17H16Cl2N2O3/c1-24-17(23)14(20)9-10-5-7-11(8-6-10)16(22)21-15-12(18)3-2-4-13(15)19/h2-8,14H,9,20H2,1H3,(H,21,22)/t14-/m0/s1. The molecule has 2 aromatic rings. The number of anilines is 1. The normalized spacial score (nSPS) is 11.7. The summed E-state index contributed by atoms with van der Waals surface area (Å²) in [7, 11) is 1.29. The van der Waals surface area contributed by atoms with Crippen molar-refractivity contribution in [1.29, 1.82) is 0 Å². The molecule has 0 saturated carbocycles. The van der Waals surface area contributed by atoms with Gasteiger partial charge in [-0.1, -0.05) is 41.4 Å². The van der Waals surface area contributed by atoms with Crippen LogP contribution >= 0.6 is 23.2 Å². The molecule has 2 rings (SSSR count). The van der Waals surface area contributed by atoms with Crippen LogP contribution in [0.15, 0.2) is 42.5 Å². The zero-order valence-corrected chi connectivity index (χ0v) is 14.4. The van der Waals surface area contributed by atoms with Gasteiger partial charge in [0.05, 0.1) is 22.8 Å². The summed E-state index contributed by atoms with van der Waals surface area (Å²) in [5.41, 5.74) is 7.32. The Morgan fingerprint density at radius 2 is 1.71 bits per heavy atom. The number of para-hydroxylation sites is 1. The van der Waals surface area contributed by atoms with Crippen LogP contribution in [0.3, 0.4) is 0 Å². The van der Waals surface area contributed by atoms with E-state index in [9.17, 15) is 9.59 Å². The van der Waals surface area contributed by atoms with Crippen molar-refractivity contribution in [2.45, 2.75) is 12.5 Å². The number of carbonyl (C=O) groups is 2. The Morgan fingerprint density at radius 1 is 1.12 bits per heavy atom. The van der Waals surface area contributed by atoms with E-state index in [1.165, 1.54) is 7.11 Å². The van der Waals surface area contributed by atoms with Crippen LogP contribution in [0, 0.1) is 0 Å². The lowest BCUT2D eigenvalue weighted by molar-refractivity contribution is -0.142. The molecule has 0 fully saturated rings. The Labute approximate surface area is 149 Å². The highest BCUT2D eigenvalue weighted by molar-refractivity contribution is 6.40. The Bertz CT molecular complexity index is 728. The molecule has 1 atom stereocenters. The zero-order chi connectivity index (χ0) is 17.7. The molecule has 7 heteroatoms. The van der Waals surface area contributed by atoms with Crippen molar-refractivity contribution in [3.63, 3.8) is 0 Å². The first-order valence-electron chi connectivity index (χ1n) is 7.10. The van der Waals surface area contributed by atoms with Crippen molar-refractivity contribution in [1.82, 2.24) is 0 Å². The number of ether oxygens (including phenoxy) is 1. The molecule has 0 aliphatic heterocycles. The van der Waals surface area contributed by atoms with Crippen LogP contribution in [0.2, 0.25) is 10.0 Å². The molecule has 0 aliphatic carbocycles. The number of carbonyl (C=O) groups excluding carboxylic acids is 2. The molecule has 0 spiro atoms. The molecule has 0 unspecified atom stereocenters. The van der Waals surface area contributed by atoms with Gasteiger partial charge in [-0.15, -0.1) is 0 Å². The lowest BCUT2D eigenvalue weighted by Gasteiger charge is -2.11. The minimum absolute atomic E-state index is 0.324. The summed E-state index contributed by atoms with van der Waals surface area (Å²) in [5, 5.41) is 3.40. The molecule has 0 bridgehead atoms. The fourth-order valence-corrected chi connectivity index (χ4v) is 2.58. The minimum Gasteiger partial charge on any atom is -0.468 e. The first-order chi connectivity index (χ1) is 11.4. The van der Waals surface area contributed by atoms with E-state index in [2.05, 4.69) is 10.1 Å². The number of nitrogens with two attached hydrogens (primary N) is 1. The summed E-state index contributed by atoms with van der Waals surface area (Å²) in [5.74, 6) is -0.820. The van der Waals surface area contributed by atoms with Gasteiger partial charge in [0.15, 0.2) is 0 Å². The Kier molecular flexibility index (Phi) is 6.20. The maximum atomic E-state index is 12.3. The molecular formula is C17H16Cl2N2O3. The summed E-state index contributed by atoms with van der Waals surface area (Å²) in [6.07, 6.45) is 0.324. The predicted octanol–water partition coefficient (Wildman–Crippen LogP) is 3.29. The second kappa shape index (κ2) is 8.15. The van der Waals surface area contributed by atoms with Crippen molar-refractivity contribution in [3.8, 4) is 0 Å². The van der Waals surface area contributed by atoms with Gasteiger partial charge < -0.3 is 15.8 Å². The highest BCUT2D eigenvalue weighted by atomic mass is 35.5. The van der Waals surface area contributed by atoms with E-state index < -0.39 is 12.0 Å². The largest absolute Gasteiger partial charge is 0.468 e. The SMILES string of the molecule is COC(=O)[C@@H](N)Cc1ccc(C(=O)Nc2c(Cl)cccc2Cl)cc1. The van der Waals surface area contributed by atoms with Crippen molar-refractivity contribution in [2.75, 3.05) is 12.4 Å². The summed E-state index contributed by atoms with van der Waals surface area (Å²) >= 11 is 12.1. The molecule has 0 heterocycles. The van der Waals surface area contributed by atoms with Crippen LogP contribution < -0.4 is 11.1 Å². The van der Waals surface area contributed by atoms with Crippen LogP contribution in [0.1, 0.15) is 15.9 Å². The zero-order valence-electron chi connectivity index (χ0n) is 12.9. The highest BCUT2D eigenvalue weighted by Gasteiger charge is 2.15. The van der Waals surface area contributed by atoms with Gasteiger partial charge in [-0.25, -0.2) is 0 Å². The van der Waals surface area contributed by atoms with Gasteiger partial charge >= 0.3 is 5.97 Å². The number of nitrogens with one attached hydrogen (secondary N) is 1. The number of halogens is 2. The number of benzene rings is 2. The predicted molar refractivity (Wildman–Crippen MR) is 94.6 cm³/mol. The molecule has 2 aromatic carbocycles. The van der Waals surface area contributed by atoms with E-state index in [4.69, 9.17) is 28.9 Å². The van der Waals surface area contributed by atoms with E-state index in [1.54, 1.807) is 42.5 Å². The molecule has 0 radical (unpaired) electrons. The van der Waals surface area contributed by atoms with Crippen molar-refractivity contribution in [2.24, 2.45) is 5.73 Å². The van der Waals surface area contributed by atoms with Gasteiger partial charge in [-0.3, -0.25) is 9.59 Å². The number of hydrogen-bond acceptors (Lipinski definition) is 4. The Morgan fingerprint density at radius 3 is 2.25 bits per heavy atom. The van der Waals surface area contributed by atoms with Crippen molar-refractivity contribution in [3.05, 3.63) is 63.6 Å². The molecule has 5 nitrogen and oxygen atoms in total. The van der Waals surface area contributed by atoms with Gasteiger partial charge in [0.2, 0.25) is 0 Å².